The lowest BCUT2D eigenvalue weighted by atomic mass is 10.0. The molecule has 1 atom stereocenters. The van der Waals surface area contributed by atoms with Crippen molar-refractivity contribution in [1.29, 1.82) is 5.26 Å². The van der Waals surface area contributed by atoms with Crippen LogP contribution in [0.2, 0.25) is 0 Å². The average Bonchev–Trinajstić information content (AvgIpc) is 3.42. The number of aromatic hydroxyl groups is 1. The molecule has 1 aliphatic rings. The van der Waals surface area contributed by atoms with Crippen LogP contribution in [0.3, 0.4) is 0 Å². The molecule has 0 saturated carbocycles. The standard InChI is InChI=1S/C22H21N5O3/c1-14-9-15(10-23)4-6-18(14)19-13-26-27(22(19)29)20-7-5-16(11-24-20)21(28)25-12-17-3-2-8-30-17/h4-7,9,11,13,17,29H,2-3,8,12H2,1H3,(H,25,28). The summed E-state index contributed by atoms with van der Waals surface area (Å²) in [7, 11) is 0. The summed E-state index contributed by atoms with van der Waals surface area (Å²) in [5.41, 5.74) is 3.15. The van der Waals surface area contributed by atoms with Crippen LogP contribution in [-0.2, 0) is 4.74 Å². The second-order valence-corrected chi connectivity index (χ2v) is 7.19. The van der Waals surface area contributed by atoms with Crippen molar-refractivity contribution in [2.75, 3.05) is 13.2 Å². The Morgan fingerprint density at radius 2 is 2.20 bits per heavy atom. The number of carbonyl (C=O) groups is 1. The molecular weight excluding hydrogens is 382 g/mol. The molecule has 0 aliphatic carbocycles. The number of pyridine rings is 1. The van der Waals surface area contributed by atoms with Crippen LogP contribution >= 0.6 is 0 Å². The van der Waals surface area contributed by atoms with Crippen molar-refractivity contribution in [2.24, 2.45) is 0 Å². The molecule has 0 spiro atoms. The van der Waals surface area contributed by atoms with Gasteiger partial charge in [0, 0.05) is 19.3 Å². The van der Waals surface area contributed by atoms with Crippen LogP contribution in [0, 0.1) is 18.3 Å². The summed E-state index contributed by atoms with van der Waals surface area (Å²) in [5, 5.41) is 26.8. The van der Waals surface area contributed by atoms with E-state index in [1.807, 2.05) is 6.92 Å². The van der Waals surface area contributed by atoms with E-state index in [2.05, 4.69) is 21.5 Å². The normalized spacial score (nSPS) is 15.7. The zero-order valence-electron chi connectivity index (χ0n) is 16.5. The van der Waals surface area contributed by atoms with Crippen LogP contribution < -0.4 is 5.32 Å². The van der Waals surface area contributed by atoms with Gasteiger partial charge in [0.15, 0.2) is 5.82 Å². The monoisotopic (exact) mass is 403 g/mol. The molecule has 2 N–H and O–H groups in total. The number of carbonyl (C=O) groups excluding carboxylic acids is 1. The highest BCUT2D eigenvalue weighted by Crippen LogP contribution is 2.33. The summed E-state index contributed by atoms with van der Waals surface area (Å²) < 4.78 is 6.81. The van der Waals surface area contributed by atoms with E-state index in [9.17, 15) is 9.90 Å². The number of hydrogen-bond acceptors (Lipinski definition) is 6. The van der Waals surface area contributed by atoms with Gasteiger partial charge in [0.05, 0.1) is 35.1 Å². The fourth-order valence-electron chi connectivity index (χ4n) is 3.49. The van der Waals surface area contributed by atoms with Crippen molar-refractivity contribution in [1.82, 2.24) is 20.1 Å². The van der Waals surface area contributed by atoms with Gasteiger partial charge in [-0.3, -0.25) is 4.79 Å². The van der Waals surface area contributed by atoms with Gasteiger partial charge in [0.25, 0.3) is 5.91 Å². The summed E-state index contributed by atoms with van der Waals surface area (Å²) in [5.74, 6) is 0.106. The number of aryl methyl sites for hydroxylation is 1. The van der Waals surface area contributed by atoms with E-state index in [-0.39, 0.29) is 17.9 Å². The van der Waals surface area contributed by atoms with E-state index >= 15 is 0 Å². The molecule has 1 saturated heterocycles. The Bertz CT molecular complexity index is 1110. The molecule has 1 unspecified atom stereocenters. The highest BCUT2D eigenvalue weighted by molar-refractivity contribution is 5.94. The Balaban J connectivity index is 1.51. The number of rotatable bonds is 5. The lowest BCUT2D eigenvalue weighted by Crippen LogP contribution is -2.31. The summed E-state index contributed by atoms with van der Waals surface area (Å²) in [6.45, 7) is 3.09. The van der Waals surface area contributed by atoms with Gasteiger partial charge >= 0.3 is 0 Å². The maximum atomic E-state index is 12.3. The molecule has 1 aliphatic heterocycles. The Hall–Kier alpha value is -3.70. The molecule has 4 rings (SSSR count). The van der Waals surface area contributed by atoms with E-state index < -0.39 is 0 Å². The number of nitrogens with one attached hydrogen (secondary N) is 1. The predicted octanol–water partition coefficient (Wildman–Crippen LogP) is 2.73. The third-order valence-electron chi connectivity index (χ3n) is 5.13. The van der Waals surface area contributed by atoms with Gasteiger partial charge in [-0.2, -0.15) is 15.0 Å². The first-order chi connectivity index (χ1) is 14.6. The lowest BCUT2D eigenvalue weighted by Gasteiger charge is -2.11. The van der Waals surface area contributed by atoms with Crippen molar-refractivity contribution >= 4 is 5.91 Å². The molecule has 3 heterocycles. The van der Waals surface area contributed by atoms with Gasteiger partial charge in [-0.15, -0.1) is 0 Å². The van der Waals surface area contributed by atoms with Crippen molar-refractivity contribution < 1.29 is 14.6 Å². The van der Waals surface area contributed by atoms with Crippen LogP contribution in [0.4, 0.5) is 0 Å². The number of nitriles is 1. The molecule has 0 radical (unpaired) electrons. The molecule has 1 aromatic carbocycles. The summed E-state index contributed by atoms with van der Waals surface area (Å²) in [4.78, 5) is 16.6. The molecule has 2 aromatic heterocycles. The minimum atomic E-state index is -0.219. The molecule has 30 heavy (non-hydrogen) atoms. The van der Waals surface area contributed by atoms with Crippen LogP contribution in [0.15, 0.2) is 42.7 Å². The minimum Gasteiger partial charge on any atom is -0.493 e. The molecule has 8 nitrogen and oxygen atoms in total. The third-order valence-corrected chi connectivity index (χ3v) is 5.13. The number of nitrogens with zero attached hydrogens (tertiary/aromatic N) is 4. The number of benzene rings is 1. The van der Waals surface area contributed by atoms with Gasteiger partial charge in [0.2, 0.25) is 5.88 Å². The first-order valence-electron chi connectivity index (χ1n) is 9.71. The minimum absolute atomic E-state index is 0.0640. The Labute approximate surface area is 173 Å². The smallest absolute Gasteiger partial charge is 0.252 e. The predicted molar refractivity (Wildman–Crippen MR) is 109 cm³/mol. The number of ether oxygens (including phenoxy) is 1. The SMILES string of the molecule is Cc1cc(C#N)ccc1-c1cnn(-c2ccc(C(=O)NCC3CCCO3)cn2)c1O. The van der Waals surface area contributed by atoms with E-state index in [0.717, 1.165) is 30.6 Å². The van der Waals surface area contributed by atoms with Crippen LogP contribution in [-0.4, -0.2) is 45.0 Å². The number of aromatic nitrogens is 3. The largest absolute Gasteiger partial charge is 0.493 e. The van der Waals surface area contributed by atoms with Crippen molar-refractivity contribution in [3.05, 3.63) is 59.4 Å². The quantitative estimate of drug-likeness (QED) is 0.677. The third kappa shape index (κ3) is 3.88. The molecule has 1 fully saturated rings. The van der Waals surface area contributed by atoms with E-state index in [1.54, 1.807) is 36.5 Å². The van der Waals surface area contributed by atoms with Gasteiger partial charge in [0.1, 0.15) is 0 Å². The van der Waals surface area contributed by atoms with Crippen molar-refractivity contribution in [3.8, 4) is 28.9 Å². The highest BCUT2D eigenvalue weighted by Gasteiger charge is 2.18. The van der Waals surface area contributed by atoms with Crippen LogP contribution in [0.1, 0.15) is 34.3 Å². The first-order valence-corrected chi connectivity index (χ1v) is 9.71. The zero-order valence-corrected chi connectivity index (χ0v) is 16.5. The molecule has 8 heteroatoms. The van der Waals surface area contributed by atoms with Gasteiger partial charge < -0.3 is 15.2 Å². The zero-order chi connectivity index (χ0) is 21.1. The summed E-state index contributed by atoms with van der Waals surface area (Å²) in [6.07, 6.45) is 5.05. The number of hydrogen-bond donors (Lipinski definition) is 2. The maximum absolute atomic E-state index is 12.3. The second-order valence-electron chi connectivity index (χ2n) is 7.19. The van der Waals surface area contributed by atoms with E-state index in [4.69, 9.17) is 10.00 Å². The fraction of sp³-hybridized carbons (Fsp3) is 0.273. The highest BCUT2D eigenvalue weighted by atomic mass is 16.5. The van der Waals surface area contributed by atoms with Crippen molar-refractivity contribution in [2.45, 2.75) is 25.9 Å². The van der Waals surface area contributed by atoms with Crippen LogP contribution in [0.25, 0.3) is 16.9 Å². The Morgan fingerprint density at radius 1 is 1.33 bits per heavy atom. The fourth-order valence-corrected chi connectivity index (χ4v) is 3.49. The van der Waals surface area contributed by atoms with Crippen molar-refractivity contribution in [3.63, 3.8) is 0 Å². The molecule has 3 aromatic rings. The maximum Gasteiger partial charge on any atom is 0.252 e. The Kier molecular flexibility index (Phi) is 5.46. The van der Waals surface area contributed by atoms with Gasteiger partial charge in [-0.25, -0.2) is 4.98 Å². The molecule has 1 amide bonds. The summed E-state index contributed by atoms with van der Waals surface area (Å²) >= 11 is 0. The van der Waals surface area contributed by atoms with Gasteiger partial charge in [-0.05, 0) is 55.2 Å². The van der Waals surface area contributed by atoms with Crippen LogP contribution in [0.5, 0.6) is 5.88 Å². The first kappa shape index (κ1) is 19.6. The topological polar surface area (TPSA) is 113 Å². The second kappa shape index (κ2) is 8.35. The molecular formula is C22H21N5O3. The molecule has 152 valence electrons. The van der Waals surface area contributed by atoms with Gasteiger partial charge in [-0.1, -0.05) is 6.07 Å². The lowest BCUT2D eigenvalue weighted by molar-refractivity contribution is 0.0857. The van der Waals surface area contributed by atoms with E-state index in [0.29, 0.717) is 29.1 Å². The number of amides is 1. The molecule has 0 bridgehead atoms. The van der Waals surface area contributed by atoms with E-state index in [1.165, 1.54) is 10.9 Å². The Morgan fingerprint density at radius 3 is 2.87 bits per heavy atom. The average molecular weight is 403 g/mol. The summed E-state index contributed by atoms with van der Waals surface area (Å²) in [6, 6.07) is 10.6.